The molecule has 1 aromatic rings. The molecule has 0 radical (unpaired) electrons. The molecule has 15 heavy (non-hydrogen) atoms. The minimum absolute atomic E-state index is 0.107. The van der Waals surface area contributed by atoms with Gasteiger partial charge in [0.1, 0.15) is 5.82 Å². The van der Waals surface area contributed by atoms with E-state index in [1.165, 1.54) is 0 Å². The molecule has 1 atom stereocenters. The first-order valence-electron chi connectivity index (χ1n) is 5.19. The third-order valence-corrected chi connectivity index (χ3v) is 2.48. The quantitative estimate of drug-likeness (QED) is 0.745. The summed E-state index contributed by atoms with van der Waals surface area (Å²) in [6.45, 7) is 4.28. The maximum absolute atomic E-state index is 6.02. The monoisotopic (exact) mass is 208 g/mol. The summed E-state index contributed by atoms with van der Waals surface area (Å²) in [6.07, 6.45) is 3.45. The lowest BCUT2D eigenvalue weighted by Gasteiger charge is -2.28. The van der Waals surface area contributed by atoms with Crippen molar-refractivity contribution in [3.8, 4) is 0 Å². The highest BCUT2D eigenvalue weighted by Crippen LogP contribution is 2.06. The first kappa shape index (κ1) is 10.5. The fourth-order valence-electron chi connectivity index (χ4n) is 1.65. The Morgan fingerprint density at radius 3 is 2.67 bits per heavy atom. The molecule has 2 rings (SSSR count). The third-order valence-electron chi connectivity index (χ3n) is 2.48. The van der Waals surface area contributed by atoms with Crippen molar-refractivity contribution in [1.82, 2.24) is 14.9 Å². The first-order chi connectivity index (χ1) is 7.36. The summed E-state index contributed by atoms with van der Waals surface area (Å²) in [7, 11) is 0. The molecule has 0 aromatic carbocycles. The summed E-state index contributed by atoms with van der Waals surface area (Å²) in [5.41, 5.74) is 6.02. The number of rotatable bonds is 3. The van der Waals surface area contributed by atoms with Crippen molar-refractivity contribution in [2.24, 2.45) is 5.73 Å². The van der Waals surface area contributed by atoms with Crippen LogP contribution in [0.2, 0.25) is 0 Å². The Hall–Kier alpha value is -1.04. The second-order valence-electron chi connectivity index (χ2n) is 3.63. The van der Waals surface area contributed by atoms with E-state index in [1.54, 1.807) is 18.5 Å². The number of morpholine rings is 1. The van der Waals surface area contributed by atoms with Crippen LogP contribution in [0.4, 0.5) is 0 Å². The smallest absolute Gasteiger partial charge is 0.146 e. The van der Waals surface area contributed by atoms with Gasteiger partial charge >= 0.3 is 0 Å². The largest absolute Gasteiger partial charge is 0.379 e. The van der Waals surface area contributed by atoms with Crippen LogP contribution in [0, 0.1) is 0 Å². The molecule has 5 nitrogen and oxygen atoms in total. The summed E-state index contributed by atoms with van der Waals surface area (Å²) in [5, 5.41) is 0. The average Bonchev–Trinajstić information content (AvgIpc) is 2.31. The molecule has 2 heterocycles. The summed E-state index contributed by atoms with van der Waals surface area (Å²) in [4.78, 5) is 10.6. The van der Waals surface area contributed by atoms with E-state index in [-0.39, 0.29) is 6.04 Å². The normalized spacial score (nSPS) is 20.1. The summed E-state index contributed by atoms with van der Waals surface area (Å²) in [6, 6.07) is 1.69. The molecular formula is C10H16N4O. The minimum atomic E-state index is -0.107. The van der Waals surface area contributed by atoms with Gasteiger partial charge in [-0.2, -0.15) is 0 Å². The van der Waals surface area contributed by atoms with Crippen molar-refractivity contribution in [2.45, 2.75) is 6.04 Å². The SMILES string of the molecule is NC(CN1CCOCC1)c1ncccn1. The van der Waals surface area contributed by atoms with Crippen LogP contribution in [0.1, 0.15) is 11.9 Å². The van der Waals surface area contributed by atoms with Crippen LogP contribution < -0.4 is 5.73 Å². The van der Waals surface area contributed by atoms with Gasteiger partial charge < -0.3 is 10.5 Å². The van der Waals surface area contributed by atoms with Crippen molar-refractivity contribution < 1.29 is 4.74 Å². The van der Waals surface area contributed by atoms with E-state index in [0.29, 0.717) is 5.82 Å². The van der Waals surface area contributed by atoms with E-state index in [1.807, 2.05) is 0 Å². The van der Waals surface area contributed by atoms with Gasteiger partial charge in [0, 0.05) is 32.0 Å². The summed E-state index contributed by atoms with van der Waals surface area (Å²) < 4.78 is 5.27. The summed E-state index contributed by atoms with van der Waals surface area (Å²) in [5.74, 6) is 0.712. The lowest BCUT2D eigenvalue weighted by molar-refractivity contribution is 0.0349. The predicted octanol–water partition coefficient (Wildman–Crippen LogP) is -0.191. The zero-order valence-electron chi connectivity index (χ0n) is 8.67. The van der Waals surface area contributed by atoms with Crippen LogP contribution in [0.25, 0.3) is 0 Å². The standard InChI is InChI=1S/C10H16N4O/c11-9(10-12-2-1-3-13-10)8-14-4-6-15-7-5-14/h1-3,9H,4-8,11H2. The molecule has 0 saturated carbocycles. The minimum Gasteiger partial charge on any atom is -0.379 e. The molecule has 0 spiro atoms. The fraction of sp³-hybridized carbons (Fsp3) is 0.600. The second-order valence-corrected chi connectivity index (χ2v) is 3.63. The topological polar surface area (TPSA) is 64.3 Å². The van der Waals surface area contributed by atoms with Crippen LogP contribution in [-0.2, 0) is 4.74 Å². The van der Waals surface area contributed by atoms with E-state index in [0.717, 1.165) is 32.8 Å². The molecule has 5 heteroatoms. The first-order valence-corrected chi connectivity index (χ1v) is 5.19. The zero-order chi connectivity index (χ0) is 10.5. The molecule has 0 bridgehead atoms. The Labute approximate surface area is 89.3 Å². The second kappa shape index (κ2) is 5.16. The fourth-order valence-corrected chi connectivity index (χ4v) is 1.65. The van der Waals surface area contributed by atoms with Crippen LogP contribution in [0.5, 0.6) is 0 Å². The van der Waals surface area contributed by atoms with Crippen LogP contribution in [0.3, 0.4) is 0 Å². The van der Waals surface area contributed by atoms with Crippen molar-refractivity contribution in [1.29, 1.82) is 0 Å². The van der Waals surface area contributed by atoms with Gasteiger partial charge in [-0.05, 0) is 6.07 Å². The van der Waals surface area contributed by atoms with Gasteiger partial charge in [0.05, 0.1) is 19.3 Å². The van der Waals surface area contributed by atoms with Gasteiger partial charge in [-0.3, -0.25) is 4.90 Å². The van der Waals surface area contributed by atoms with E-state index in [9.17, 15) is 0 Å². The van der Waals surface area contributed by atoms with E-state index in [4.69, 9.17) is 10.5 Å². The van der Waals surface area contributed by atoms with Crippen molar-refractivity contribution >= 4 is 0 Å². The lowest BCUT2D eigenvalue weighted by Crippen LogP contribution is -2.40. The number of ether oxygens (including phenoxy) is 1. The van der Waals surface area contributed by atoms with Crippen molar-refractivity contribution in [3.05, 3.63) is 24.3 Å². The highest BCUT2D eigenvalue weighted by Gasteiger charge is 2.16. The van der Waals surface area contributed by atoms with Crippen LogP contribution in [0.15, 0.2) is 18.5 Å². The van der Waals surface area contributed by atoms with Gasteiger partial charge in [-0.25, -0.2) is 9.97 Å². The molecule has 1 fully saturated rings. The molecule has 82 valence electrons. The predicted molar refractivity (Wildman–Crippen MR) is 56.2 cm³/mol. The average molecular weight is 208 g/mol. The van der Waals surface area contributed by atoms with E-state index < -0.39 is 0 Å². The molecule has 0 aliphatic carbocycles. The van der Waals surface area contributed by atoms with Crippen molar-refractivity contribution in [2.75, 3.05) is 32.8 Å². The molecular weight excluding hydrogens is 192 g/mol. The number of hydrogen-bond acceptors (Lipinski definition) is 5. The molecule has 1 aliphatic rings. The maximum atomic E-state index is 6.02. The van der Waals surface area contributed by atoms with Gasteiger partial charge in [0.15, 0.2) is 0 Å². The number of hydrogen-bond donors (Lipinski definition) is 1. The third kappa shape index (κ3) is 2.95. The van der Waals surface area contributed by atoms with Gasteiger partial charge in [0.2, 0.25) is 0 Å². The Morgan fingerprint density at radius 1 is 1.33 bits per heavy atom. The molecule has 0 amide bonds. The number of aromatic nitrogens is 2. The number of nitrogens with two attached hydrogens (primary N) is 1. The molecule has 1 unspecified atom stereocenters. The molecule has 2 N–H and O–H groups in total. The Kier molecular flexibility index (Phi) is 3.60. The highest BCUT2D eigenvalue weighted by atomic mass is 16.5. The maximum Gasteiger partial charge on any atom is 0.146 e. The van der Waals surface area contributed by atoms with Gasteiger partial charge in [-0.15, -0.1) is 0 Å². The zero-order valence-corrected chi connectivity index (χ0v) is 8.67. The van der Waals surface area contributed by atoms with Gasteiger partial charge in [-0.1, -0.05) is 0 Å². The molecule has 1 aromatic heterocycles. The summed E-state index contributed by atoms with van der Waals surface area (Å²) >= 11 is 0. The Bertz CT molecular complexity index is 287. The lowest BCUT2D eigenvalue weighted by atomic mass is 10.2. The molecule has 1 aliphatic heterocycles. The highest BCUT2D eigenvalue weighted by molar-refractivity contribution is 4.95. The Balaban J connectivity index is 1.88. The van der Waals surface area contributed by atoms with Crippen LogP contribution in [-0.4, -0.2) is 47.7 Å². The van der Waals surface area contributed by atoms with Crippen LogP contribution >= 0.6 is 0 Å². The Morgan fingerprint density at radius 2 is 2.00 bits per heavy atom. The van der Waals surface area contributed by atoms with Gasteiger partial charge in [0.25, 0.3) is 0 Å². The number of nitrogens with zero attached hydrogens (tertiary/aromatic N) is 3. The van der Waals surface area contributed by atoms with E-state index in [2.05, 4.69) is 14.9 Å². The molecule has 1 saturated heterocycles. The van der Waals surface area contributed by atoms with E-state index >= 15 is 0 Å². The van der Waals surface area contributed by atoms with Crippen molar-refractivity contribution in [3.63, 3.8) is 0 Å².